The Morgan fingerprint density at radius 1 is 1.29 bits per heavy atom. The van der Waals surface area contributed by atoms with Crippen molar-refractivity contribution in [2.75, 3.05) is 13.2 Å². The lowest BCUT2D eigenvalue weighted by molar-refractivity contribution is -0.123. The first-order valence-electron chi connectivity index (χ1n) is 7.87. The van der Waals surface area contributed by atoms with Crippen LogP contribution in [0.5, 0.6) is 5.75 Å². The molecule has 118 valence electrons. The van der Waals surface area contributed by atoms with Crippen LogP contribution in [0.1, 0.15) is 45.6 Å². The molecule has 0 aliphatic heterocycles. The van der Waals surface area contributed by atoms with Crippen LogP contribution in [0.15, 0.2) is 24.3 Å². The second kappa shape index (κ2) is 10.2. The van der Waals surface area contributed by atoms with E-state index in [0.29, 0.717) is 0 Å². The van der Waals surface area contributed by atoms with Crippen LogP contribution in [0.25, 0.3) is 0 Å². The second-order valence-electron chi connectivity index (χ2n) is 5.37. The molecule has 0 radical (unpaired) electrons. The van der Waals surface area contributed by atoms with Crippen molar-refractivity contribution in [1.82, 2.24) is 10.6 Å². The van der Waals surface area contributed by atoms with Gasteiger partial charge in [-0.1, -0.05) is 32.4 Å². The van der Waals surface area contributed by atoms with E-state index in [1.54, 1.807) is 0 Å². The number of nitrogens with one attached hydrogen (secondary N) is 2. The lowest BCUT2D eigenvalue weighted by Gasteiger charge is -2.13. The average Bonchev–Trinajstić information content (AvgIpc) is 2.46. The van der Waals surface area contributed by atoms with Gasteiger partial charge in [-0.2, -0.15) is 0 Å². The first-order valence-corrected chi connectivity index (χ1v) is 7.87. The summed E-state index contributed by atoms with van der Waals surface area (Å²) in [6.45, 7) is 8.16. The van der Waals surface area contributed by atoms with E-state index >= 15 is 0 Å². The molecule has 1 aromatic carbocycles. The maximum atomic E-state index is 11.7. The van der Waals surface area contributed by atoms with E-state index in [9.17, 15) is 4.79 Å². The van der Waals surface area contributed by atoms with E-state index in [4.69, 9.17) is 4.74 Å². The molecule has 0 spiro atoms. The highest BCUT2D eigenvalue weighted by molar-refractivity contribution is 5.77. The zero-order valence-corrected chi connectivity index (χ0v) is 13.4. The summed E-state index contributed by atoms with van der Waals surface area (Å²) < 4.78 is 5.55. The third-order valence-corrected chi connectivity index (χ3v) is 3.15. The molecule has 0 aliphatic rings. The number of carbonyl (C=O) groups is 1. The normalized spacial score (nSPS) is 12.0. The summed E-state index contributed by atoms with van der Waals surface area (Å²) in [5, 5.41) is 6.28. The van der Waals surface area contributed by atoms with Gasteiger partial charge < -0.3 is 15.4 Å². The molecular formula is C17H28N2O2. The van der Waals surface area contributed by atoms with Gasteiger partial charge in [0.05, 0.1) is 0 Å². The van der Waals surface area contributed by atoms with Crippen LogP contribution in [0.4, 0.5) is 0 Å². The molecule has 0 aromatic heterocycles. The van der Waals surface area contributed by atoms with Crippen LogP contribution in [-0.2, 0) is 11.3 Å². The minimum absolute atomic E-state index is 0.0644. The molecule has 1 atom stereocenters. The fraction of sp³-hybridized carbons (Fsp3) is 0.588. The molecule has 1 aromatic rings. The Balaban J connectivity index is 2.37. The van der Waals surface area contributed by atoms with Crippen LogP contribution in [0.2, 0.25) is 0 Å². The maximum Gasteiger partial charge on any atom is 0.258 e. The number of amides is 1. The lowest BCUT2D eigenvalue weighted by Crippen LogP contribution is -2.35. The van der Waals surface area contributed by atoms with Crippen LogP contribution in [0.3, 0.4) is 0 Å². The number of hydrogen-bond donors (Lipinski definition) is 2. The highest BCUT2D eigenvalue weighted by atomic mass is 16.5. The van der Waals surface area contributed by atoms with Crippen molar-refractivity contribution >= 4 is 5.91 Å². The van der Waals surface area contributed by atoms with Gasteiger partial charge >= 0.3 is 0 Å². The summed E-state index contributed by atoms with van der Waals surface area (Å²) in [7, 11) is 0. The van der Waals surface area contributed by atoms with E-state index in [0.717, 1.165) is 38.1 Å². The molecule has 1 unspecified atom stereocenters. The van der Waals surface area contributed by atoms with Crippen molar-refractivity contribution in [1.29, 1.82) is 0 Å². The molecule has 1 rings (SSSR count). The number of ether oxygens (including phenoxy) is 1. The van der Waals surface area contributed by atoms with Crippen LogP contribution >= 0.6 is 0 Å². The van der Waals surface area contributed by atoms with Crippen molar-refractivity contribution < 1.29 is 9.53 Å². The Kier molecular flexibility index (Phi) is 8.51. The molecule has 4 nitrogen and oxygen atoms in total. The van der Waals surface area contributed by atoms with Gasteiger partial charge in [0, 0.05) is 12.6 Å². The van der Waals surface area contributed by atoms with Crippen LogP contribution < -0.4 is 15.4 Å². The summed E-state index contributed by atoms with van der Waals surface area (Å²) >= 11 is 0. The largest absolute Gasteiger partial charge is 0.484 e. The summed E-state index contributed by atoms with van der Waals surface area (Å²) in [4.78, 5) is 11.7. The van der Waals surface area contributed by atoms with E-state index < -0.39 is 0 Å². The Hall–Kier alpha value is -1.55. The number of rotatable bonds is 10. The fourth-order valence-corrected chi connectivity index (χ4v) is 2.13. The smallest absolute Gasteiger partial charge is 0.258 e. The zero-order valence-electron chi connectivity index (χ0n) is 13.4. The van der Waals surface area contributed by atoms with Gasteiger partial charge in [0.15, 0.2) is 6.61 Å². The highest BCUT2D eigenvalue weighted by Gasteiger charge is 2.07. The van der Waals surface area contributed by atoms with E-state index in [2.05, 4.69) is 30.5 Å². The molecule has 0 heterocycles. The molecule has 0 saturated heterocycles. The van der Waals surface area contributed by atoms with Crippen molar-refractivity contribution in [2.45, 2.75) is 52.6 Å². The average molecular weight is 292 g/mol. The molecule has 0 bridgehead atoms. The van der Waals surface area contributed by atoms with Gasteiger partial charge in [0.2, 0.25) is 0 Å². The summed E-state index contributed by atoms with van der Waals surface area (Å²) in [5.41, 5.74) is 1.17. The third kappa shape index (κ3) is 7.71. The van der Waals surface area contributed by atoms with Gasteiger partial charge in [-0.05, 0) is 44.0 Å². The molecular weight excluding hydrogens is 264 g/mol. The summed E-state index contributed by atoms with van der Waals surface area (Å²) in [6.07, 6.45) is 3.17. The number of hydrogen-bond acceptors (Lipinski definition) is 3. The molecule has 1 amide bonds. The molecule has 0 fully saturated rings. The van der Waals surface area contributed by atoms with Crippen LogP contribution in [-0.4, -0.2) is 25.1 Å². The topological polar surface area (TPSA) is 50.4 Å². The monoisotopic (exact) mass is 292 g/mol. The quantitative estimate of drug-likeness (QED) is 0.652. The molecule has 0 saturated carbocycles. The van der Waals surface area contributed by atoms with Crippen molar-refractivity contribution in [3.05, 3.63) is 29.8 Å². The first kappa shape index (κ1) is 17.5. The van der Waals surface area contributed by atoms with E-state index in [1.807, 2.05) is 25.1 Å². The summed E-state index contributed by atoms with van der Waals surface area (Å²) in [5.74, 6) is 0.676. The predicted molar refractivity (Wildman–Crippen MR) is 86.4 cm³/mol. The Labute approximate surface area is 128 Å². The fourth-order valence-electron chi connectivity index (χ4n) is 2.13. The Bertz CT molecular complexity index is 421. The van der Waals surface area contributed by atoms with E-state index in [1.165, 1.54) is 5.56 Å². The maximum absolute atomic E-state index is 11.7. The predicted octanol–water partition coefficient (Wildman–Crippen LogP) is 2.87. The molecule has 0 aliphatic carbocycles. The van der Waals surface area contributed by atoms with Crippen molar-refractivity contribution in [2.24, 2.45) is 0 Å². The van der Waals surface area contributed by atoms with E-state index in [-0.39, 0.29) is 18.6 Å². The SMILES string of the molecule is CCCNCc1cccc(OCC(=O)NC(C)CCC)c1. The number of benzene rings is 1. The Morgan fingerprint density at radius 3 is 2.81 bits per heavy atom. The van der Waals surface area contributed by atoms with Gasteiger partial charge in [-0.25, -0.2) is 0 Å². The van der Waals surface area contributed by atoms with Gasteiger partial charge in [-0.3, -0.25) is 4.79 Å². The minimum atomic E-state index is -0.0644. The highest BCUT2D eigenvalue weighted by Crippen LogP contribution is 2.13. The standard InChI is InChI=1S/C17H28N2O2/c1-4-7-14(3)19-17(20)13-21-16-9-6-8-15(11-16)12-18-10-5-2/h6,8-9,11,14,18H,4-5,7,10,12-13H2,1-3H3,(H,19,20). The molecule has 2 N–H and O–H groups in total. The van der Waals surface area contributed by atoms with Gasteiger partial charge in [0.1, 0.15) is 5.75 Å². The second-order valence-corrected chi connectivity index (χ2v) is 5.37. The van der Waals surface area contributed by atoms with Gasteiger partial charge in [-0.15, -0.1) is 0 Å². The number of carbonyl (C=O) groups excluding carboxylic acids is 1. The molecule has 21 heavy (non-hydrogen) atoms. The third-order valence-electron chi connectivity index (χ3n) is 3.15. The van der Waals surface area contributed by atoms with Crippen LogP contribution in [0, 0.1) is 0 Å². The van der Waals surface area contributed by atoms with Crippen molar-refractivity contribution in [3.8, 4) is 5.75 Å². The summed E-state index contributed by atoms with van der Waals surface area (Å²) in [6, 6.07) is 8.07. The minimum Gasteiger partial charge on any atom is -0.484 e. The van der Waals surface area contributed by atoms with Crippen molar-refractivity contribution in [3.63, 3.8) is 0 Å². The molecule has 4 heteroatoms. The first-order chi connectivity index (χ1) is 10.2. The Morgan fingerprint density at radius 2 is 2.10 bits per heavy atom. The van der Waals surface area contributed by atoms with Gasteiger partial charge in [0.25, 0.3) is 5.91 Å². The lowest BCUT2D eigenvalue weighted by atomic mass is 10.2. The zero-order chi connectivity index (χ0) is 15.5.